The summed E-state index contributed by atoms with van der Waals surface area (Å²) in [4.78, 5) is 8.11. The number of nitrogens with one attached hydrogen (secondary N) is 2. The fourth-order valence-electron chi connectivity index (χ4n) is 1.06. The van der Waals surface area contributed by atoms with Gasteiger partial charge in [0.25, 0.3) is 0 Å². The van der Waals surface area contributed by atoms with Crippen molar-refractivity contribution in [2.75, 3.05) is 5.32 Å². The van der Waals surface area contributed by atoms with Crippen LogP contribution >= 0.6 is 11.6 Å². The highest BCUT2D eigenvalue weighted by atomic mass is 35.5. The molecule has 0 atom stereocenters. The second kappa shape index (κ2) is 3.63. The molecule has 0 aliphatic rings. The molecule has 0 aliphatic heterocycles. The number of aryl methyl sites for hydroxylation is 1. The number of H-pyrrole nitrogens is 1. The molecule has 14 heavy (non-hydrogen) atoms. The highest BCUT2D eigenvalue weighted by Gasteiger charge is 2.00. The lowest BCUT2D eigenvalue weighted by Gasteiger charge is -2.02. The molecule has 6 heteroatoms. The molecular weight excluding hydrogens is 202 g/mol. The van der Waals surface area contributed by atoms with Crippen molar-refractivity contribution in [2.24, 2.45) is 0 Å². The van der Waals surface area contributed by atoms with Gasteiger partial charge in [0.2, 0.25) is 0 Å². The highest BCUT2D eigenvalue weighted by Crippen LogP contribution is 2.15. The van der Waals surface area contributed by atoms with Gasteiger partial charge in [0.05, 0.1) is 11.9 Å². The van der Waals surface area contributed by atoms with Gasteiger partial charge in [-0.15, -0.1) is 0 Å². The van der Waals surface area contributed by atoms with Crippen molar-refractivity contribution in [1.82, 2.24) is 20.2 Å². The van der Waals surface area contributed by atoms with Crippen molar-refractivity contribution < 1.29 is 0 Å². The highest BCUT2D eigenvalue weighted by molar-refractivity contribution is 6.29. The Morgan fingerprint density at radius 2 is 2.29 bits per heavy atom. The maximum Gasteiger partial charge on any atom is 0.135 e. The lowest BCUT2D eigenvalue weighted by atomic mass is 10.5. The third-order valence-electron chi connectivity index (χ3n) is 1.58. The third kappa shape index (κ3) is 2.00. The Labute approximate surface area is 85.5 Å². The van der Waals surface area contributed by atoms with Gasteiger partial charge in [-0.05, 0) is 6.92 Å². The minimum absolute atomic E-state index is 0.420. The zero-order chi connectivity index (χ0) is 9.97. The SMILES string of the molecule is Cc1nc(Cl)cc(Nc2cn[nH]c2)n1. The number of hydrogen-bond donors (Lipinski definition) is 2. The van der Waals surface area contributed by atoms with E-state index in [0.29, 0.717) is 16.8 Å². The molecular formula is C8H8ClN5. The molecule has 2 N–H and O–H groups in total. The Kier molecular flexibility index (Phi) is 2.32. The monoisotopic (exact) mass is 209 g/mol. The van der Waals surface area contributed by atoms with Crippen molar-refractivity contribution in [2.45, 2.75) is 6.92 Å². The maximum atomic E-state index is 5.78. The molecule has 5 nitrogen and oxygen atoms in total. The smallest absolute Gasteiger partial charge is 0.135 e. The molecule has 2 aromatic heterocycles. The van der Waals surface area contributed by atoms with E-state index in [9.17, 15) is 0 Å². The summed E-state index contributed by atoms with van der Waals surface area (Å²) in [6.45, 7) is 1.78. The van der Waals surface area contributed by atoms with Crippen LogP contribution in [0.5, 0.6) is 0 Å². The molecule has 0 aliphatic carbocycles. The Balaban J connectivity index is 2.25. The number of rotatable bonds is 2. The first kappa shape index (κ1) is 8.96. The largest absolute Gasteiger partial charge is 0.338 e. The molecule has 0 amide bonds. The van der Waals surface area contributed by atoms with Crippen LogP contribution in [0.3, 0.4) is 0 Å². The summed E-state index contributed by atoms with van der Waals surface area (Å²) in [5.74, 6) is 1.28. The number of halogens is 1. The molecule has 0 radical (unpaired) electrons. The Morgan fingerprint density at radius 1 is 1.43 bits per heavy atom. The van der Waals surface area contributed by atoms with E-state index in [4.69, 9.17) is 11.6 Å². The zero-order valence-corrected chi connectivity index (χ0v) is 8.21. The fourth-order valence-corrected chi connectivity index (χ4v) is 1.29. The number of hydrogen-bond acceptors (Lipinski definition) is 4. The number of aromatic amines is 1. The third-order valence-corrected chi connectivity index (χ3v) is 1.77. The molecule has 0 saturated heterocycles. The number of nitrogens with zero attached hydrogens (tertiary/aromatic N) is 3. The van der Waals surface area contributed by atoms with E-state index < -0.39 is 0 Å². The van der Waals surface area contributed by atoms with Crippen LogP contribution < -0.4 is 5.32 Å². The van der Waals surface area contributed by atoms with Gasteiger partial charge in [-0.2, -0.15) is 5.10 Å². The summed E-state index contributed by atoms with van der Waals surface area (Å²) in [5.41, 5.74) is 0.833. The normalized spacial score (nSPS) is 10.1. The van der Waals surface area contributed by atoms with Crippen LogP contribution in [0.2, 0.25) is 5.15 Å². The Morgan fingerprint density at radius 3 is 2.93 bits per heavy atom. The molecule has 2 rings (SSSR count). The molecule has 0 bridgehead atoms. The Hall–Kier alpha value is -1.62. The zero-order valence-electron chi connectivity index (χ0n) is 7.45. The van der Waals surface area contributed by atoms with Crippen LogP contribution in [0.15, 0.2) is 18.5 Å². The molecule has 0 aromatic carbocycles. The molecule has 0 unspecified atom stereocenters. The standard InChI is InChI=1S/C8H8ClN5/c1-5-12-7(9)2-8(13-5)14-6-3-10-11-4-6/h2-4H,1H3,(H,10,11)(H,12,13,14). The van der Waals surface area contributed by atoms with E-state index in [1.165, 1.54) is 0 Å². The van der Waals surface area contributed by atoms with Crippen molar-refractivity contribution in [3.05, 3.63) is 29.4 Å². The van der Waals surface area contributed by atoms with Gasteiger partial charge in [-0.25, -0.2) is 9.97 Å². The lowest BCUT2D eigenvalue weighted by Crippen LogP contribution is -1.96. The summed E-state index contributed by atoms with van der Waals surface area (Å²) in [7, 11) is 0. The molecule has 0 saturated carbocycles. The Bertz CT molecular complexity index is 405. The van der Waals surface area contributed by atoms with Gasteiger partial charge in [-0.3, -0.25) is 5.10 Å². The van der Waals surface area contributed by atoms with Crippen molar-refractivity contribution in [3.8, 4) is 0 Å². The molecule has 72 valence electrons. The van der Waals surface area contributed by atoms with Crippen molar-refractivity contribution >= 4 is 23.1 Å². The van der Waals surface area contributed by atoms with E-state index in [2.05, 4.69) is 25.5 Å². The van der Waals surface area contributed by atoms with E-state index in [-0.39, 0.29) is 0 Å². The summed E-state index contributed by atoms with van der Waals surface area (Å²) in [6.07, 6.45) is 3.39. The average Bonchev–Trinajstić information content (AvgIpc) is 2.54. The molecule has 0 fully saturated rings. The minimum atomic E-state index is 0.420. The first-order valence-corrected chi connectivity index (χ1v) is 4.39. The van der Waals surface area contributed by atoms with Crippen LogP contribution in [-0.2, 0) is 0 Å². The van der Waals surface area contributed by atoms with Gasteiger partial charge >= 0.3 is 0 Å². The van der Waals surface area contributed by atoms with Crippen LogP contribution in [0.25, 0.3) is 0 Å². The lowest BCUT2D eigenvalue weighted by molar-refractivity contribution is 1.06. The second-order valence-electron chi connectivity index (χ2n) is 2.74. The summed E-state index contributed by atoms with van der Waals surface area (Å²) in [5, 5.41) is 9.95. The van der Waals surface area contributed by atoms with Crippen LogP contribution in [-0.4, -0.2) is 20.2 Å². The predicted molar refractivity (Wildman–Crippen MR) is 53.6 cm³/mol. The quantitative estimate of drug-likeness (QED) is 0.742. The molecule has 0 spiro atoms. The average molecular weight is 210 g/mol. The van der Waals surface area contributed by atoms with Gasteiger partial charge in [-0.1, -0.05) is 11.6 Å². The second-order valence-corrected chi connectivity index (χ2v) is 3.12. The maximum absolute atomic E-state index is 5.78. The van der Waals surface area contributed by atoms with Crippen molar-refractivity contribution in [1.29, 1.82) is 0 Å². The fraction of sp³-hybridized carbons (Fsp3) is 0.125. The molecule has 2 aromatic rings. The minimum Gasteiger partial charge on any atom is -0.338 e. The van der Waals surface area contributed by atoms with Gasteiger partial charge in [0, 0.05) is 12.3 Å². The van der Waals surface area contributed by atoms with Gasteiger partial charge in [0.15, 0.2) is 0 Å². The summed E-state index contributed by atoms with van der Waals surface area (Å²) < 4.78 is 0. The van der Waals surface area contributed by atoms with Gasteiger partial charge in [0.1, 0.15) is 16.8 Å². The van der Waals surface area contributed by atoms with E-state index >= 15 is 0 Å². The van der Waals surface area contributed by atoms with E-state index in [1.54, 1.807) is 25.4 Å². The predicted octanol–water partition coefficient (Wildman–Crippen LogP) is 1.91. The summed E-state index contributed by atoms with van der Waals surface area (Å²) >= 11 is 5.78. The van der Waals surface area contributed by atoms with Crippen LogP contribution in [0, 0.1) is 6.92 Å². The number of anilines is 2. The van der Waals surface area contributed by atoms with E-state index in [0.717, 1.165) is 5.69 Å². The van der Waals surface area contributed by atoms with Gasteiger partial charge < -0.3 is 5.32 Å². The van der Waals surface area contributed by atoms with Crippen molar-refractivity contribution in [3.63, 3.8) is 0 Å². The first-order chi connectivity index (χ1) is 6.74. The number of aromatic nitrogens is 4. The summed E-state index contributed by atoms with van der Waals surface area (Å²) in [6, 6.07) is 1.65. The van der Waals surface area contributed by atoms with Crippen LogP contribution in [0.4, 0.5) is 11.5 Å². The van der Waals surface area contributed by atoms with Crippen LogP contribution in [0.1, 0.15) is 5.82 Å². The topological polar surface area (TPSA) is 66.5 Å². The molecule has 2 heterocycles. The van der Waals surface area contributed by atoms with E-state index in [1.807, 2.05) is 0 Å². The first-order valence-electron chi connectivity index (χ1n) is 4.01.